The largest absolute Gasteiger partial charge is 0.309 e. The van der Waals surface area contributed by atoms with E-state index < -0.39 is 0 Å². The molecule has 27 heavy (non-hydrogen) atoms. The molecule has 146 valence electrons. The van der Waals surface area contributed by atoms with Gasteiger partial charge in [-0.15, -0.1) is 23.7 Å². The summed E-state index contributed by atoms with van der Waals surface area (Å²) in [4.78, 5) is 21.5. The van der Waals surface area contributed by atoms with Gasteiger partial charge in [0.05, 0.1) is 19.6 Å². The Hall–Kier alpha value is -0.600. The van der Waals surface area contributed by atoms with Crippen LogP contribution in [0.3, 0.4) is 0 Å². The molecule has 0 N–H and O–H groups in total. The smallest absolute Gasteiger partial charge is 0.262 e. The fraction of sp³-hybridized carbons (Fsp3) is 0.294. The van der Waals surface area contributed by atoms with Crippen LogP contribution in [0.5, 0.6) is 0 Å². The molecule has 1 amide bonds. The van der Waals surface area contributed by atoms with Crippen LogP contribution in [0.1, 0.15) is 16.8 Å². The van der Waals surface area contributed by atoms with Gasteiger partial charge in [0.15, 0.2) is 5.13 Å². The van der Waals surface area contributed by atoms with Crippen molar-refractivity contribution in [3.8, 4) is 0 Å². The molecule has 0 unspecified atom stereocenters. The SMILES string of the molecule is CN(C)CCCN(C(=O)c1cc(Cl)sc1Cl)c1nc2c(Cl)cccc2s1.Cl. The molecule has 0 aliphatic carbocycles. The maximum atomic E-state index is 13.1. The molecular weight excluding hydrogens is 468 g/mol. The first kappa shape index (κ1) is 22.7. The van der Waals surface area contributed by atoms with Crippen LogP contribution in [0.2, 0.25) is 13.7 Å². The fourth-order valence-electron chi connectivity index (χ4n) is 2.48. The Balaban J connectivity index is 0.00000261. The number of carbonyl (C=O) groups is 1. The van der Waals surface area contributed by atoms with Crippen molar-refractivity contribution in [2.45, 2.75) is 6.42 Å². The van der Waals surface area contributed by atoms with Gasteiger partial charge in [-0.2, -0.15) is 0 Å². The number of para-hydroxylation sites is 1. The van der Waals surface area contributed by atoms with Gasteiger partial charge in [-0.3, -0.25) is 9.69 Å². The quantitative estimate of drug-likeness (QED) is 0.409. The number of aromatic nitrogens is 1. The Labute approximate surface area is 187 Å². The van der Waals surface area contributed by atoms with Crippen molar-refractivity contribution in [1.82, 2.24) is 9.88 Å². The summed E-state index contributed by atoms with van der Waals surface area (Å²) in [5.74, 6) is -0.202. The monoisotopic (exact) mass is 483 g/mol. The van der Waals surface area contributed by atoms with E-state index in [1.165, 1.54) is 22.7 Å². The van der Waals surface area contributed by atoms with Crippen molar-refractivity contribution in [2.75, 3.05) is 32.1 Å². The van der Waals surface area contributed by atoms with Gasteiger partial charge in [0.25, 0.3) is 5.91 Å². The van der Waals surface area contributed by atoms with Crippen LogP contribution in [0.25, 0.3) is 10.2 Å². The van der Waals surface area contributed by atoms with Crippen LogP contribution in [-0.2, 0) is 0 Å². The van der Waals surface area contributed by atoms with Crippen LogP contribution >= 0.6 is 69.9 Å². The van der Waals surface area contributed by atoms with Gasteiger partial charge in [0, 0.05) is 6.54 Å². The average Bonchev–Trinajstić information content (AvgIpc) is 3.14. The summed E-state index contributed by atoms with van der Waals surface area (Å²) in [6, 6.07) is 7.22. The maximum absolute atomic E-state index is 13.1. The molecule has 2 aromatic heterocycles. The lowest BCUT2D eigenvalue weighted by Crippen LogP contribution is -2.33. The third-order valence-corrected chi connectivity index (χ3v) is 6.54. The van der Waals surface area contributed by atoms with Crippen LogP contribution in [-0.4, -0.2) is 43.0 Å². The second-order valence-corrected chi connectivity index (χ2v) is 9.64. The minimum atomic E-state index is -0.202. The van der Waals surface area contributed by atoms with Crippen LogP contribution in [0, 0.1) is 0 Å². The van der Waals surface area contributed by atoms with E-state index in [1.807, 2.05) is 26.2 Å². The molecule has 0 bridgehead atoms. The number of benzene rings is 1. The van der Waals surface area contributed by atoms with E-state index in [0.717, 1.165) is 17.7 Å². The van der Waals surface area contributed by atoms with Crippen molar-refractivity contribution >= 4 is 91.1 Å². The van der Waals surface area contributed by atoms with E-state index >= 15 is 0 Å². The molecule has 0 spiro atoms. The summed E-state index contributed by atoms with van der Waals surface area (Å²) in [5, 5.41) is 1.18. The van der Waals surface area contributed by atoms with Crippen molar-refractivity contribution in [3.05, 3.63) is 43.5 Å². The molecule has 0 aliphatic heterocycles. The van der Waals surface area contributed by atoms with Crippen LogP contribution in [0.15, 0.2) is 24.3 Å². The minimum absolute atomic E-state index is 0. The van der Waals surface area contributed by atoms with Crippen molar-refractivity contribution in [2.24, 2.45) is 0 Å². The molecule has 0 fully saturated rings. The van der Waals surface area contributed by atoms with E-state index in [1.54, 1.807) is 17.0 Å². The summed E-state index contributed by atoms with van der Waals surface area (Å²) < 4.78 is 1.81. The summed E-state index contributed by atoms with van der Waals surface area (Å²) in [6.07, 6.45) is 0.803. The predicted octanol–water partition coefficient (Wildman–Crippen LogP) is 6.34. The van der Waals surface area contributed by atoms with Gasteiger partial charge in [0.2, 0.25) is 0 Å². The number of thiophene rings is 1. The number of amides is 1. The Kier molecular flexibility index (Phi) is 8.19. The maximum Gasteiger partial charge on any atom is 0.262 e. The van der Waals surface area contributed by atoms with E-state index in [9.17, 15) is 4.79 Å². The highest BCUT2D eigenvalue weighted by Gasteiger charge is 2.25. The van der Waals surface area contributed by atoms with E-state index in [-0.39, 0.29) is 18.3 Å². The zero-order chi connectivity index (χ0) is 18.8. The van der Waals surface area contributed by atoms with Crippen LogP contribution in [0.4, 0.5) is 5.13 Å². The topological polar surface area (TPSA) is 36.4 Å². The first-order valence-corrected chi connectivity index (χ1v) is 10.6. The van der Waals surface area contributed by atoms with E-state index in [2.05, 4.69) is 9.88 Å². The average molecular weight is 485 g/mol. The van der Waals surface area contributed by atoms with Gasteiger partial charge < -0.3 is 4.90 Å². The van der Waals surface area contributed by atoms with Gasteiger partial charge in [-0.1, -0.05) is 52.2 Å². The molecule has 0 atom stereocenters. The molecule has 3 aromatic rings. The molecule has 0 saturated heterocycles. The first-order chi connectivity index (χ1) is 12.4. The lowest BCUT2D eigenvalue weighted by Gasteiger charge is -2.20. The second kappa shape index (κ2) is 9.74. The molecule has 4 nitrogen and oxygen atoms in total. The second-order valence-electron chi connectivity index (χ2n) is 5.93. The molecule has 2 heterocycles. The van der Waals surface area contributed by atoms with E-state index in [4.69, 9.17) is 34.8 Å². The van der Waals surface area contributed by atoms with Gasteiger partial charge >= 0.3 is 0 Å². The molecule has 3 rings (SSSR count). The standard InChI is InChI=1S/C17H16Cl3N3OS2.ClH/c1-22(2)7-4-8-23(16(24)10-9-13(19)26-15(10)20)17-21-14-11(18)5-3-6-12(14)25-17;/h3,5-6,9H,4,7-8H2,1-2H3;1H. The number of thiazole rings is 1. The number of rotatable bonds is 6. The summed E-state index contributed by atoms with van der Waals surface area (Å²) in [6.45, 7) is 1.38. The van der Waals surface area contributed by atoms with Gasteiger partial charge in [-0.25, -0.2) is 4.98 Å². The third-order valence-electron chi connectivity index (χ3n) is 3.71. The number of nitrogens with zero attached hydrogens (tertiary/aromatic N) is 3. The molecule has 1 aromatic carbocycles. The zero-order valence-electron chi connectivity index (χ0n) is 14.5. The summed E-state index contributed by atoms with van der Waals surface area (Å²) in [7, 11) is 4.00. The van der Waals surface area contributed by atoms with Gasteiger partial charge in [0.1, 0.15) is 9.85 Å². The zero-order valence-corrected chi connectivity index (χ0v) is 19.3. The lowest BCUT2D eigenvalue weighted by molar-refractivity contribution is 0.0986. The highest BCUT2D eigenvalue weighted by atomic mass is 35.5. The predicted molar refractivity (Wildman–Crippen MR) is 121 cm³/mol. The van der Waals surface area contributed by atoms with Gasteiger partial charge in [-0.05, 0) is 45.3 Å². The van der Waals surface area contributed by atoms with E-state index in [0.29, 0.717) is 36.5 Å². The minimum Gasteiger partial charge on any atom is -0.309 e. The highest BCUT2D eigenvalue weighted by Crippen LogP contribution is 2.36. The Bertz CT molecular complexity index is 942. The van der Waals surface area contributed by atoms with Crippen LogP contribution < -0.4 is 4.90 Å². The number of anilines is 1. The number of carbonyl (C=O) groups excluding carboxylic acids is 1. The highest BCUT2D eigenvalue weighted by molar-refractivity contribution is 7.22. The Morgan fingerprint density at radius 3 is 2.48 bits per heavy atom. The van der Waals surface area contributed by atoms with Crippen molar-refractivity contribution in [1.29, 1.82) is 0 Å². The lowest BCUT2D eigenvalue weighted by atomic mass is 10.3. The molecule has 0 aliphatic rings. The molecule has 10 heteroatoms. The molecular formula is C17H17Cl4N3OS2. The fourth-order valence-corrected chi connectivity index (χ4v) is 5.22. The molecule has 0 radical (unpaired) electrons. The number of hydrogen-bond donors (Lipinski definition) is 0. The summed E-state index contributed by atoms with van der Waals surface area (Å²) >= 11 is 21.1. The van der Waals surface area contributed by atoms with Crippen molar-refractivity contribution < 1.29 is 4.79 Å². The third kappa shape index (κ3) is 5.26. The Morgan fingerprint density at radius 2 is 1.89 bits per heavy atom. The van der Waals surface area contributed by atoms with Crippen molar-refractivity contribution in [3.63, 3.8) is 0 Å². The normalized spacial score (nSPS) is 11.0. The molecule has 0 saturated carbocycles. The Morgan fingerprint density at radius 1 is 1.15 bits per heavy atom. The first-order valence-electron chi connectivity index (χ1n) is 7.83. The number of fused-ring (bicyclic) bond motifs is 1. The number of halogens is 4. The summed E-state index contributed by atoms with van der Waals surface area (Å²) in [5.41, 5.74) is 1.10. The number of hydrogen-bond acceptors (Lipinski definition) is 5.